The van der Waals surface area contributed by atoms with Crippen LogP contribution in [0, 0.1) is 6.92 Å². The standard InChI is InChI=1S/C13H10N4OS/c1-8-12(19-17-16-8)13(18)15-10-6-2-4-9-5-3-7-14-11(9)10/h2-7H,1H3,(H,15,18). The molecule has 0 aliphatic rings. The zero-order chi connectivity index (χ0) is 13.2. The van der Waals surface area contributed by atoms with Gasteiger partial charge in [-0.25, -0.2) is 0 Å². The summed E-state index contributed by atoms with van der Waals surface area (Å²) in [4.78, 5) is 16.9. The number of hydrogen-bond acceptors (Lipinski definition) is 5. The minimum atomic E-state index is -0.203. The van der Waals surface area contributed by atoms with Gasteiger partial charge >= 0.3 is 0 Å². The van der Waals surface area contributed by atoms with Crippen LogP contribution in [-0.2, 0) is 0 Å². The fourth-order valence-electron chi connectivity index (χ4n) is 1.82. The predicted molar refractivity (Wildman–Crippen MR) is 74.3 cm³/mol. The summed E-state index contributed by atoms with van der Waals surface area (Å²) >= 11 is 1.09. The molecule has 1 amide bonds. The van der Waals surface area contributed by atoms with Crippen molar-refractivity contribution in [2.75, 3.05) is 5.32 Å². The van der Waals surface area contributed by atoms with Crippen LogP contribution in [-0.4, -0.2) is 20.5 Å². The molecule has 0 saturated heterocycles. The lowest BCUT2D eigenvalue weighted by molar-refractivity contribution is 0.103. The Kier molecular flexibility index (Phi) is 2.92. The highest BCUT2D eigenvalue weighted by Crippen LogP contribution is 2.22. The van der Waals surface area contributed by atoms with E-state index < -0.39 is 0 Å². The third kappa shape index (κ3) is 2.17. The van der Waals surface area contributed by atoms with E-state index in [0.29, 0.717) is 16.3 Å². The van der Waals surface area contributed by atoms with Gasteiger partial charge in [0.2, 0.25) is 0 Å². The third-order valence-electron chi connectivity index (χ3n) is 2.74. The Hall–Kier alpha value is -2.34. The molecule has 2 aromatic heterocycles. The largest absolute Gasteiger partial charge is 0.319 e. The maximum Gasteiger partial charge on any atom is 0.269 e. The molecular weight excluding hydrogens is 260 g/mol. The first-order valence-corrected chi connectivity index (χ1v) is 6.47. The van der Waals surface area contributed by atoms with Crippen LogP contribution in [0.2, 0.25) is 0 Å². The van der Waals surface area contributed by atoms with Crippen molar-refractivity contribution in [1.29, 1.82) is 0 Å². The van der Waals surface area contributed by atoms with Gasteiger partial charge in [-0.05, 0) is 30.6 Å². The zero-order valence-electron chi connectivity index (χ0n) is 10.1. The smallest absolute Gasteiger partial charge is 0.269 e. The molecule has 2 heterocycles. The molecule has 0 aliphatic heterocycles. The number of carbonyl (C=O) groups is 1. The van der Waals surface area contributed by atoms with Crippen molar-refractivity contribution >= 4 is 34.0 Å². The van der Waals surface area contributed by atoms with Crippen molar-refractivity contribution in [1.82, 2.24) is 14.6 Å². The number of aryl methyl sites for hydroxylation is 1. The van der Waals surface area contributed by atoms with Crippen LogP contribution in [0.5, 0.6) is 0 Å². The van der Waals surface area contributed by atoms with E-state index in [4.69, 9.17) is 0 Å². The highest BCUT2D eigenvalue weighted by Gasteiger charge is 2.14. The molecule has 6 heteroatoms. The molecule has 0 aliphatic carbocycles. The second-order valence-corrected chi connectivity index (χ2v) is 4.78. The molecule has 1 N–H and O–H groups in total. The van der Waals surface area contributed by atoms with E-state index in [1.54, 1.807) is 13.1 Å². The Morgan fingerprint density at radius 1 is 1.26 bits per heavy atom. The number of carbonyl (C=O) groups excluding carboxylic acids is 1. The molecule has 0 saturated carbocycles. The monoisotopic (exact) mass is 270 g/mol. The molecule has 94 valence electrons. The number of hydrogen-bond donors (Lipinski definition) is 1. The van der Waals surface area contributed by atoms with E-state index in [2.05, 4.69) is 19.9 Å². The number of anilines is 1. The lowest BCUT2D eigenvalue weighted by Gasteiger charge is -2.06. The minimum absolute atomic E-state index is 0.203. The fourth-order valence-corrected chi connectivity index (χ4v) is 2.38. The number of pyridine rings is 1. The topological polar surface area (TPSA) is 67.8 Å². The van der Waals surface area contributed by atoms with Gasteiger partial charge in [0, 0.05) is 11.6 Å². The second-order valence-electron chi connectivity index (χ2n) is 4.02. The summed E-state index contributed by atoms with van der Waals surface area (Å²) in [6.45, 7) is 1.76. The van der Waals surface area contributed by atoms with Crippen molar-refractivity contribution in [2.24, 2.45) is 0 Å². The van der Waals surface area contributed by atoms with E-state index in [1.165, 1.54) is 0 Å². The van der Waals surface area contributed by atoms with Gasteiger partial charge in [-0.15, -0.1) is 5.10 Å². The van der Waals surface area contributed by atoms with Gasteiger partial charge in [0.15, 0.2) is 0 Å². The number of benzene rings is 1. The summed E-state index contributed by atoms with van der Waals surface area (Å²) in [5, 5.41) is 7.68. The van der Waals surface area contributed by atoms with Crippen LogP contribution in [0.25, 0.3) is 10.9 Å². The van der Waals surface area contributed by atoms with E-state index >= 15 is 0 Å². The van der Waals surface area contributed by atoms with E-state index in [-0.39, 0.29) is 5.91 Å². The molecule has 0 fully saturated rings. The predicted octanol–water partition coefficient (Wildman–Crippen LogP) is 2.65. The quantitative estimate of drug-likeness (QED) is 0.777. The Bertz CT molecular complexity index is 748. The van der Waals surface area contributed by atoms with Crippen LogP contribution < -0.4 is 5.32 Å². The van der Waals surface area contributed by atoms with Gasteiger partial charge in [-0.1, -0.05) is 22.7 Å². The van der Waals surface area contributed by atoms with E-state index in [1.807, 2.05) is 30.3 Å². The maximum atomic E-state index is 12.1. The first-order valence-electron chi connectivity index (χ1n) is 5.70. The van der Waals surface area contributed by atoms with E-state index in [9.17, 15) is 4.79 Å². The SMILES string of the molecule is Cc1nnsc1C(=O)Nc1cccc2cccnc12. The summed E-state index contributed by atoms with van der Waals surface area (Å²) in [5.41, 5.74) is 2.10. The molecule has 19 heavy (non-hydrogen) atoms. The van der Waals surface area contributed by atoms with E-state index in [0.717, 1.165) is 22.4 Å². The minimum Gasteiger partial charge on any atom is -0.319 e. The molecular formula is C13H10N4OS. The number of nitrogens with one attached hydrogen (secondary N) is 1. The molecule has 5 nitrogen and oxygen atoms in total. The van der Waals surface area contributed by atoms with Gasteiger partial charge < -0.3 is 5.32 Å². The van der Waals surface area contributed by atoms with Gasteiger partial charge in [0.05, 0.1) is 16.9 Å². The number of para-hydroxylation sites is 1. The average Bonchev–Trinajstić information content (AvgIpc) is 2.85. The summed E-state index contributed by atoms with van der Waals surface area (Å²) in [6, 6.07) is 9.49. The van der Waals surface area contributed by atoms with Crippen molar-refractivity contribution in [2.45, 2.75) is 6.92 Å². The normalized spacial score (nSPS) is 10.6. The van der Waals surface area contributed by atoms with Gasteiger partial charge in [-0.2, -0.15) is 0 Å². The van der Waals surface area contributed by atoms with Crippen molar-refractivity contribution in [3.8, 4) is 0 Å². The summed E-state index contributed by atoms with van der Waals surface area (Å²) in [6.07, 6.45) is 1.71. The summed E-state index contributed by atoms with van der Waals surface area (Å²) < 4.78 is 3.76. The Morgan fingerprint density at radius 2 is 2.11 bits per heavy atom. The van der Waals surface area contributed by atoms with Crippen molar-refractivity contribution < 1.29 is 4.79 Å². The second kappa shape index (κ2) is 4.74. The van der Waals surface area contributed by atoms with Crippen LogP contribution in [0.3, 0.4) is 0 Å². The number of aromatic nitrogens is 3. The molecule has 0 bridgehead atoms. The van der Waals surface area contributed by atoms with Crippen LogP contribution >= 0.6 is 11.5 Å². The Labute approximate surface area is 113 Å². The lowest BCUT2D eigenvalue weighted by atomic mass is 10.2. The molecule has 3 rings (SSSR count). The number of nitrogens with zero attached hydrogens (tertiary/aromatic N) is 3. The third-order valence-corrected chi connectivity index (χ3v) is 3.57. The van der Waals surface area contributed by atoms with Gasteiger partial charge in [-0.3, -0.25) is 9.78 Å². The molecule has 0 radical (unpaired) electrons. The highest BCUT2D eigenvalue weighted by molar-refractivity contribution is 7.08. The maximum absolute atomic E-state index is 12.1. The van der Waals surface area contributed by atoms with Gasteiger partial charge in [0.25, 0.3) is 5.91 Å². The van der Waals surface area contributed by atoms with Crippen LogP contribution in [0.15, 0.2) is 36.5 Å². The van der Waals surface area contributed by atoms with Crippen molar-refractivity contribution in [3.05, 3.63) is 47.1 Å². The zero-order valence-corrected chi connectivity index (χ0v) is 10.9. The lowest BCUT2D eigenvalue weighted by Crippen LogP contribution is -2.12. The molecule has 0 unspecified atom stereocenters. The average molecular weight is 270 g/mol. The van der Waals surface area contributed by atoms with Gasteiger partial charge in [0.1, 0.15) is 4.88 Å². The molecule has 1 aromatic carbocycles. The summed E-state index contributed by atoms with van der Waals surface area (Å²) in [7, 11) is 0. The molecule has 0 atom stereocenters. The van der Waals surface area contributed by atoms with Crippen molar-refractivity contribution in [3.63, 3.8) is 0 Å². The fraction of sp³-hybridized carbons (Fsp3) is 0.0769. The summed E-state index contributed by atoms with van der Waals surface area (Å²) in [5.74, 6) is -0.203. The van der Waals surface area contributed by atoms with Crippen LogP contribution in [0.4, 0.5) is 5.69 Å². The first-order chi connectivity index (χ1) is 9.25. The molecule has 3 aromatic rings. The Morgan fingerprint density at radius 3 is 2.89 bits per heavy atom. The number of amides is 1. The van der Waals surface area contributed by atoms with Crippen LogP contribution in [0.1, 0.15) is 15.4 Å². The first kappa shape index (κ1) is 11.7. The number of rotatable bonds is 2. The Balaban J connectivity index is 1.98. The highest BCUT2D eigenvalue weighted by atomic mass is 32.1. The molecule has 0 spiro atoms. The number of fused-ring (bicyclic) bond motifs is 1.